The van der Waals surface area contributed by atoms with Gasteiger partial charge in [-0.05, 0) is 35.4 Å². The Morgan fingerprint density at radius 1 is 0.821 bits per heavy atom. The van der Waals surface area contributed by atoms with E-state index in [1.807, 2.05) is 60.7 Å². The van der Waals surface area contributed by atoms with Gasteiger partial charge in [0, 0.05) is 12.6 Å². The van der Waals surface area contributed by atoms with Crippen molar-refractivity contribution >= 4 is 21.6 Å². The molecule has 0 saturated carbocycles. The van der Waals surface area contributed by atoms with Crippen LogP contribution in [0.2, 0.25) is 0 Å². The predicted molar refractivity (Wildman–Crippen MR) is 112 cm³/mol. The van der Waals surface area contributed by atoms with Crippen LogP contribution in [0.3, 0.4) is 0 Å². The smallest absolute Gasteiger partial charge is 0.252 e. The first kappa shape index (κ1) is 19.6. The number of rotatable bonds is 6. The van der Waals surface area contributed by atoms with Gasteiger partial charge >= 0.3 is 0 Å². The van der Waals surface area contributed by atoms with Gasteiger partial charge in [-0.3, -0.25) is 9.10 Å². The van der Waals surface area contributed by atoms with Gasteiger partial charge in [-0.25, -0.2) is 8.42 Å². The molecule has 0 spiro atoms. The maximum absolute atomic E-state index is 12.8. The highest BCUT2D eigenvalue weighted by Gasteiger charge is 2.18. The standard InChI is InChI=1S/C22H22N2O3S/c1-24(28(2,26)27)20-15-13-19(14-16-20)22(25)23-21(17-9-5-3-6-10-17)18-11-7-4-8-12-18/h3-16,21H,1-2H3,(H,23,25). The number of sulfonamides is 1. The van der Waals surface area contributed by atoms with E-state index in [-0.39, 0.29) is 11.9 Å². The van der Waals surface area contributed by atoms with E-state index in [9.17, 15) is 13.2 Å². The molecule has 0 bridgehead atoms. The van der Waals surface area contributed by atoms with Crippen LogP contribution in [0, 0.1) is 0 Å². The number of benzene rings is 3. The van der Waals surface area contributed by atoms with E-state index in [1.54, 1.807) is 24.3 Å². The summed E-state index contributed by atoms with van der Waals surface area (Å²) in [5.41, 5.74) is 2.93. The molecule has 0 aliphatic heterocycles. The second kappa shape index (κ2) is 8.27. The Bertz CT molecular complexity index is 995. The third kappa shape index (κ3) is 4.58. The van der Waals surface area contributed by atoms with Crippen LogP contribution >= 0.6 is 0 Å². The number of amides is 1. The number of hydrogen-bond donors (Lipinski definition) is 1. The average Bonchev–Trinajstić information content (AvgIpc) is 2.72. The highest BCUT2D eigenvalue weighted by Crippen LogP contribution is 2.23. The predicted octanol–water partition coefficient (Wildman–Crippen LogP) is 3.60. The zero-order chi connectivity index (χ0) is 20.1. The third-order valence-electron chi connectivity index (χ3n) is 4.53. The number of nitrogens with zero attached hydrogens (tertiary/aromatic N) is 1. The van der Waals surface area contributed by atoms with Crippen LogP contribution in [-0.4, -0.2) is 27.6 Å². The highest BCUT2D eigenvalue weighted by atomic mass is 32.2. The van der Waals surface area contributed by atoms with Gasteiger partial charge in [0.1, 0.15) is 0 Å². The first-order valence-electron chi connectivity index (χ1n) is 8.81. The highest BCUT2D eigenvalue weighted by molar-refractivity contribution is 7.92. The van der Waals surface area contributed by atoms with Crippen LogP contribution in [0.25, 0.3) is 0 Å². The fourth-order valence-corrected chi connectivity index (χ4v) is 3.38. The largest absolute Gasteiger partial charge is 0.341 e. The van der Waals surface area contributed by atoms with Crippen molar-refractivity contribution in [3.05, 3.63) is 102 Å². The van der Waals surface area contributed by atoms with Crippen molar-refractivity contribution in [1.29, 1.82) is 0 Å². The fourth-order valence-electron chi connectivity index (χ4n) is 2.88. The Hall–Kier alpha value is -3.12. The van der Waals surface area contributed by atoms with Gasteiger partial charge in [0.15, 0.2) is 0 Å². The lowest BCUT2D eigenvalue weighted by Gasteiger charge is -2.20. The van der Waals surface area contributed by atoms with Crippen LogP contribution in [0.1, 0.15) is 27.5 Å². The Labute approximate surface area is 165 Å². The molecular formula is C22H22N2O3S. The van der Waals surface area contributed by atoms with E-state index in [2.05, 4.69) is 5.32 Å². The minimum atomic E-state index is -3.35. The number of hydrogen-bond acceptors (Lipinski definition) is 3. The van der Waals surface area contributed by atoms with Gasteiger partial charge in [-0.1, -0.05) is 60.7 Å². The number of anilines is 1. The van der Waals surface area contributed by atoms with E-state index < -0.39 is 10.0 Å². The summed E-state index contributed by atoms with van der Waals surface area (Å²) < 4.78 is 24.5. The molecule has 0 radical (unpaired) electrons. The zero-order valence-electron chi connectivity index (χ0n) is 15.7. The minimum absolute atomic E-state index is 0.230. The van der Waals surface area contributed by atoms with Crippen molar-refractivity contribution < 1.29 is 13.2 Å². The fraction of sp³-hybridized carbons (Fsp3) is 0.136. The molecule has 3 rings (SSSR count). The van der Waals surface area contributed by atoms with Gasteiger partial charge in [-0.15, -0.1) is 0 Å². The molecule has 28 heavy (non-hydrogen) atoms. The molecular weight excluding hydrogens is 372 g/mol. The maximum atomic E-state index is 12.8. The molecule has 0 aliphatic rings. The second-order valence-corrected chi connectivity index (χ2v) is 8.52. The Balaban J connectivity index is 1.85. The molecule has 0 atom stereocenters. The van der Waals surface area contributed by atoms with E-state index in [0.717, 1.165) is 17.4 Å². The van der Waals surface area contributed by atoms with Gasteiger partial charge < -0.3 is 5.32 Å². The van der Waals surface area contributed by atoms with Crippen molar-refractivity contribution in [1.82, 2.24) is 5.32 Å². The summed E-state index contributed by atoms with van der Waals surface area (Å²) in [5.74, 6) is -0.230. The van der Waals surface area contributed by atoms with E-state index >= 15 is 0 Å². The van der Waals surface area contributed by atoms with Crippen LogP contribution in [0.4, 0.5) is 5.69 Å². The number of carbonyl (C=O) groups excluding carboxylic acids is 1. The van der Waals surface area contributed by atoms with Crippen LogP contribution in [-0.2, 0) is 10.0 Å². The van der Waals surface area contributed by atoms with Crippen molar-refractivity contribution in [3.8, 4) is 0 Å². The van der Waals surface area contributed by atoms with Crippen molar-refractivity contribution in [2.24, 2.45) is 0 Å². The monoisotopic (exact) mass is 394 g/mol. The molecule has 0 heterocycles. The minimum Gasteiger partial charge on any atom is -0.341 e. The lowest BCUT2D eigenvalue weighted by atomic mass is 9.98. The molecule has 3 aromatic carbocycles. The quantitative estimate of drug-likeness (QED) is 0.695. The Morgan fingerprint density at radius 3 is 1.71 bits per heavy atom. The molecule has 0 saturated heterocycles. The van der Waals surface area contributed by atoms with Gasteiger partial charge in [0.2, 0.25) is 10.0 Å². The summed E-state index contributed by atoms with van der Waals surface area (Å²) in [4.78, 5) is 12.8. The summed E-state index contributed by atoms with van der Waals surface area (Å²) >= 11 is 0. The zero-order valence-corrected chi connectivity index (χ0v) is 16.6. The number of nitrogens with one attached hydrogen (secondary N) is 1. The normalized spacial score (nSPS) is 11.2. The van der Waals surface area contributed by atoms with Crippen LogP contribution in [0.5, 0.6) is 0 Å². The summed E-state index contributed by atoms with van der Waals surface area (Å²) in [7, 11) is -1.87. The van der Waals surface area contributed by atoms with Crippen LogP contribution in [0.15, 0.2) is 84.9 Å². The lowest BCUT2D eigenvalue weighted by Crippen LogP contribution is -2.29. The topological polar surface area (TPSA) is 66.5 Å². The molecule has 0 unspecified atom stereocenters. The second-order valence-electron chi connectivity index (χ2n) is 6.51. The first-order valence-corrected chi connectivity index (χ1v) is 10.7. The molecule has 1 amide bonds. The van der Waals surface area contributed by atoms with Crippen molar-refractivity contribution in [2.45, 2.75) is 6.04 Å². The average molecular weight is 394 g/mol. The van der Waals surface area contributed by atoms with E-state index in [0.29, 0.717) is 11.3 Å². The Kier molecular flexibility index (Phi) is 5.80. The number of carbonyl (C=O) groups is 1. The molecule has 0 aromatic heterocycles. The van der Waals surface area contributed by atoms with Gasteiger partial charge in [-0.2, -0.15) is 0 Å². The summed E-state index contributed by atoms with van der Waals surface area (Å²) in [6.45, 7) is 0. The van der Waals surface area contributed by atoms with E-state index in [4.69, 9.17) is 0 Å². The summed E-state index contributed by atoms with van der Waals surface area (Å²) in [6, 6.07) is 25.7. The maximum Gasteiger partial charge on any atom is 0.252 e. The van der Waals surface area contributed by atoms with Gasteiger partial charge in [0.05, 0.1) is 18.0 Å². The summed E-state index contributed by atoms with van der Waals surface area (Å²) in [6.07, 6.45) is 1.14. The van der Waals surface area contributed by atoms with Crippen molar-refractivity contribution in [2.75, 3.05) is 17.6 Å². The first-order chi connectivity index (χ1) is 13.4. The van der Waals surface area contributed by atoms with Crippen LogP contribution < -0.4 is 9.62 Å². The van der Waals surface area contributed by atoms with Gasteiger partial charge in [0.25, 0.3) is 5.91 Å². The molecule has 3 aromatic rings. The molecule has 5 nitrogen and oxygen atoms in total. The SMILES string of the molecule is CN(c1ccc(C(=O)NC(c2ccccc2)c2ccccc2)cc1)S(C)(=O)=O. The van der Waals surface area contributed by atoms with Crippen molar-refractivity contribution in [3.63, 3.8) is 0 Å². The third-order valence-corrected chi connectivity index (χ3v) is 5.74. The molecule has 6 heteroatoms. The molecule has 1 N–H and O–H groups in total. The molecule has 0 fully saturated rings. The molecule has 0 aliphatic carbocycles. The Morgan fingerprint density at radius 2 is 1.29 bits per heavy atom. The molecule has 144 valence electrons. The lowest BCUT2D eigenvalue weighted by molar-refractivity contribution is 0.0943. The summed E-state index contributed by atoms with van der Waals surface area (Å²) in [5, 5.41) is 3.07. The van der Waals surface area contributed by atoms with E-state index in [1.165, 1.54) is 11.4 Å².